The van der Waals surface area contributed by atoms with E-state index in [0.717, 1.165) is 45.5 Å². The molecule has 0 aliphatic carbocycles. The van der Waals surface area contributed by atoms with Crippen LogP contribution in [-0.2, 0) is 9.47 Å². The molecule has 10 heteroatoms. The summed E-state index contributed by atoms with van der Waals surface area (Å²) in [6, 6.07) is 45.2. The Kier molecular flexibility index (Phi) is 14.7. The van der Waals surface area contributed by atoms with Crippen molar-refractivity contribution in [2.75, 3.05) is 74.1 Å². The van der Waals surface area contributed by atoms with E-state index in [1.165, 1.54) is 11.1 Å². The molecule has 6 aromatic carbocycles. The molecule has 312 valence electrons. The molecule has 0 saturated heterocycles. The number of hydrogen-bond acceptors (Lipinski definition) is 10. The van der Waals surface area contributed by atoms with Gasteiger partial charge in [0.25, 0.3) is 0 Å². The van der Waals surface area contributed by atoms with Gasteiger partial charge in [-0.2, -0.15) is 0 Å². The van der Waals surface area contributed by atoms with Crippen molar-refractivity contribution in [3.63, 3.8) is 0 Å². The molecule has 0 unspecified atom stereocenters. The van der Waals surface area contributed by atoms with E-state index >= 15 is 0 Å². The lowest BCUT2D eigenvalue weighted by molar-refractivity contribution is 0.0640. The highest BCUT2D eigenvalue weighted by atomic mass is 16.6. The Morgan fingerprint density at radius 1 is 0.300 bits per heavy atom. The molecule has 1 aliphatic heterocycles. The quantitative estimate of drug-likeness (QED) is 0.107. The fraction of sp³-hybridized carbons (Fsp3) is 0.280. The standard InChI is InChI=1S/C50H56N4O6/c1-35(2)37-5-9-39(10-6-37)51-41-13-17-43(18-14-41)53-45-21-23-47-49(33-45)59-31-27-55-26-30-58-48-24-22-46(34-50(48)60-32-28-56-25-29-57-47)54-44-19-15-42(16-20-44)52-40-11-7-38(8-12-40)36(3)4/h5-24,33-36,51-54H,25-32H2,1-4H3. The molecule has 0 fully saturated rings. The molecule has 0 bridgehead atoms. The highest BCUT2D eigenvalue weighted by molar-refractivity contribution is 5.69. The first-order valence-corrected chi connectivity index (χ1v) is 20.8. The average molecular weight is 809 g/mol. The van der Waals surface area contributed by atoms with Gasteiger partial charge in [-0.1, -0.05) is 52.0 Å². The molecule has 1 heterocycles. The Balaban J connectivity index is 0.904. The molecule has 0 saturated carbocycles. The van der Waals surface area contributed by atoms with Crippen LogP contribution in [0, 0.1) is 0 Å². The molecular weight excluding hydrogens is 753 g/mol. The lowest BCUT2D eigenvalue weighted by Crippen LogP contribution is -2.15. The predicted molar refractivity (Wildman–Crippen MR) is 244 cm³/mol. The molecule has 60 heavy (non-hydrogen) atoms. The van der Waals surface area contributed by atoms with Crippen molar-refractivity contribution < 1.29 is 28.4 Å². The summed E-state index contributed by atoms with van der Waals surface area (Å²) in [5.41, 5.74) is 10.4. The molecule has 10 nitrogen and oxygen atoms in total. The van der Waals surface area contributed by atoms with E-state index in [0.29, 0.717) is 87.7 Å². The van der Waals surface area contributed by atoms with Crippen LogP contribution in [0.5, 0.6) is 23.0 Å². The zero-order valence-corrected chi connectivity index (χ0v) is 35.0. The van der Waals surface area contributed by atoms with Crippen LogP contribution in [0.1, 0.15) is 50.7 Å². The van der Waals surface area contributed by atoms with Crippen molar-refractivity contribution in [1.29, 1.82) is 0 Å². The molecule has 0 aromatic heterocycles. The van der Waals surface area contributed by atoms with Crippen molar-refractivity contribution in [3.8, 4) is 23.0 Å². The van der Waals surface area contributed by atoms with Gasteiger partial charge in [-0.15, -0.1) is 0 Å². The third-order valence-corrected chi connectivity index (χ3v) is 9.91. The van der Waals surface area contributed by atoms with E-state index in [2.05, 4.69) is 122 Å². The average Bonchev–Trinajstić information content (AvgIpc) is 3.25. The van der Waals surface area contributed by atoms with Gasteiger partial charge >= 0.3 is 0 Å². The van der Waals surface area contributed by atoms with Crippen molar-refractivity contribution in [2.45, 2.75) is 39.5 Å². The molecule has 0 radical (unpaired) electrons. The Bertz CT molecular complexity index is 2070. The van der Waals surface area contributed by atoms with E-state index in [1.807, 2.05) is 60.7 Å². The van der Waals surface area contributed by atoms with E-state index in [1.54, 1.807) is 0 Å². The number of hydrogen-bond donors (Lipinski definition) is 4. The molecule has 1 aliphatic rings. The van der Waals surface area contributed by atoms with Gasteiger partial charge < -0.3 is 49.7 Å². The second-order valence-corrected chi connectivity index (χ2v) is 15.1. The SMILES string of the molecule is CC(C)c1ccc(Nc2ccc(Nc3ccc4c(c3)OCCOCCOc3ccc(Nc5ccc(Nc6ccc(C(C)C)cc6)cc5)cc3OCCOCCO4)cc2)cc1. The summed E-state index contributed by atoms with van der Waals surface area (Å²) in [5, 5.41) is 13.9. The second-order valence-electron chi connectivity index (χ2n) is 15.1. The number of nitrogens with one attached hydrogen (secondary N) is 4. The highest BCUT2D eigenvalue weighted by Gasteiger charge is 2.12. The van der Waals surface area contributed by atoms with Crippen LogP contribution in [-0.4, -0.2) is 52.9 Å². The number of anilines is 8. The Morgan fingerprint density at radius 3 is 0.850 bits per heavy atom. The van der Waals surface area contributed by atoms with E-state index < -0.39 is 0 Å². The Morgan fingerprint density at radius 2 is 0.550 bits per heavy atom. The van der Waals surface area contributed by atoms with E-state index in [-0.39, 0.29) is 0 Å². The minimum Gasteiger partial charge on any atom is -0.487 e. The third-order valence-electron chi connectivity index (χ3n) is 9.91. The van der Waals surface area contributed by atoms with Crippen LogP contribution in [0.3, 0.4) is 0 Å². The van der Waals surface area contributed by atoms with Gasteiger partial charge in [0.2, 0.25) is 0 Å². The first-order chi connectivity index (χ1) is 29.3. The summed E-state index contributed by atoms with van der Waals surface area (Å²) >= 11 is 0. The third kappa shape index (κ3) is 12.3. The van der Waals surface area contributed by atoms with Gasteiger partial charge in [0.05, 0.1) is 26.4 Å². The first kappa shape index (κ1) is 41.8. The second kappa shape index (κ2) is 21.1. The molecule has 6 aromatic rings. The molecule has 4 N–H and O–H groups in total. The topological polar surface area (TPSA) is 104 Å². The molecule has 0 spiro atoms. The fourth-order valence-corrected chi connectivity index (χ4v) is 6.53. The van der Waals surface area contributed by atoms with Crippen molar-refractivity contribution in [1.82, 2.24) is 0 Å². The maximum absolute atomic E-state index is 6.17. The summed E-state index contributed by atoms with van der Waals surface area (Å²) in [5.74, 6) is 3.50. The first-order valence-electron chi connectivity index (χ1n) is 20.8. The lowest BCUT2D eigenvalue weighted by Gasteiger charge is -2.17. The number of fused-ring (bicyclic) bond motifs is 2. The minimum atomic E-state index is 0.339. The van der Waals surface area contributed by atoms with Gasteiger partial charge in [-0.3, -0.25) is 0 Å². The Hall–Kier alpha value is -6.36. The number of rotatable bonds is 10. The van der Waals surface area contributed by atoms with Crippen LogP contribution >= 0.6 is 0 Å². The van der Waals surface area contributed by atoms with E-state index in [4.69, 9.17) is 28.4 Å². The molecular formula is C50H56N4O6. The largest absolute Gasteiger partial charge is 0.487 e. The predicted octanol–water partition coefficient (Wildman–Crippen LogP) is 12.2. The summed E-state index contributed by atoms with van der Waals surface area (Å²) in [4.78, 5) is 0. The highest BCUT2D eigenvalue weighted by Crippen LogP contribution is 2.34. The number of ether oxygens (including phenoxy) is 6. The molecule has 7 rings (SSSR count). The maximum atomic E-state index is 6.17. The molecule has 0 atom stereocenters. The van der Waals surface area contributed by atoms with Gasteiger partial charge in [-0.05, 0) is 120 Å². The van der Waals surface area contributed by atoms with Gasteiger partial charge in [0, 0.05) is 57.6 Å². The molecule has 0 amide bonds. The van der Waals surface area contributed by atoms with Crippen LogP contribution < -0.4 is 40.2 Å². The monoisotopic (exact) mass is 808 g/mol. The number of benzene rings is 6. The van der Waals surface area contributed by atoms with Crippen molar-refractivity contribution in [3.05, 3.63) is 145 Å². The zero-order chi connectivity index (χ0) is 41.5. The maximum Gasteiger partial charge on any atom is 0.163 e. The fourth-order valence-electron chi connectivity index (χ4n) is 6.53. The summed E-state index contributed by atoms with van der Waals surface area (Å²) in [6.07, 6.45) is 0. The minimum absolute atomic E-state index is 0.339. The van der Waals surface area contributed by atoms with Crippen LogP contribution in [0.2, 0.25) is 0 Å². The summed E-state index contributed by atoms with van der Waals surface area (Å²) in [7, 11) is 0. The van der Waals surface area contributed by atoms with E-state index in [9.17, 15) is 0 Å². The summed E-state index contributed by atoms with van der Waals surface area (Å²) < 4.78 is 36.3. The summed E-state index contributed by atoms with van der Waals surface area (Å²) in [6.45, 7) is 11.7. The van der Waals surface area contributed by atoms with Crippen molar-refractivity contribution in [2.24, 2.45) is 0 Å². The smallest absolute Gasteiger partial charge is 0.163 e. The zero-order valence-electron chi connectivity index (χ0n) is 35.0. The van der Waals surface area contributed by atoms with Gasteiger partial charge in [0.15, 0.2) is 23.0 Å². The van der Waals surface area contributed by atoms with Crippen molar-refractivity contribution >= 4 is 45.5 Å². The normalized spacial score (nSPS) is 13.8. The van der Waals surface area contributed by atoms with Crippen LogP contribution in [0.4, 0.5) is 45.5 Å². The Labute approximate surface area is 354 Å². The lowest BCUT2D eigenvalue weighted by atomic mass is 10.0. The van der Waals surface area contributed by atoms with Gasteiger partial charge in [0.1, 0.15) is 26.4 Å². The van der Waals surface area contributed by atoms with Gasteiger partial charge in [-0.25, -0.2) is 0 Å². The van der Waals surface area contributed by atoms with Crippen LogP contribution in [0.25, 0.3) is 0 Å². The van der Waals surface area contributed by atoms with Crippen LogP contribution in [0.15, 0.2) is 133 Å².